The van der Waals surface area contributed by atoms with Gasteiger partial charge in [0.1, 0.15) is 0 Å². The first-order chi connectivity index (χ1) is 8.61. The molecule has 1 atom stereocenters. The summed E-state index contributed by atoms with van der Waals surface area (Å²) in [6, 6.07) is 6.85. The number of nitrogens with two attached hydrogens (primary N) is 1. The van der Waals surface area contributed by atoms with Crippen molar-refractivity contribution in [3.63, 3.8) is 0 Å². The SMILES string of the molecule is Cc1ccc(C(NN)C2CCC(C)CC2)cc1Br. The lowest BCUT2D eigenvalue weighted by molar-refractivity contribution is 0.232. The molecule has 3 N–H and O–H groups in total. The molecule has 1 aliphatic carbocycles. The lowest BCUT2D eigenvalue weighted by atomic mass is 9.77. The first kappa shape index (κ1) is 14.0. The zero-order chi connectivity index (χ0) is 13.1. The second-order valence-electron chi connectivity index (χ2n) is 5.67. The van der Waals surface area contributed by atoms with Crippen LogP contribution < -0.4 is 11.3 Å². The largest absolute Gasteiger partial charge is 0.271 e. The van der Waals surface area contributed by atoms with Crippen LogP contribution in [0.3, 0.4) is 0 Å². The fourth-order valence-electron chi connectivity index (χ4n) is 2.93. The standard InChI is InChI=1S/C15H23BrN2/c1-10-3-6-12(7-4-10)15(18-17)13-8-5-11(2)14(16)9-13/h5,8-10,12,15,18H,3-4,6-7,17H2,1-2H3. The molecule has 0 spiro atoms. The zero-order valence-electron chi connectivity index (χ0n) is 11.2. The Morgan fingerprint density at radius 3 is 2.50 bits per heavy atom. The van der Waals surface area contributed by atoms with E-state index in [0.29, 0.717) is 5.92 Å². The topological polar surface area (TPSA) is 38.0 Å². The summed E-state index contributed by atoms with van der Waals surface area (Å²) in [5.74, 6) is 7.34. The van der Waals surface area contributed by atoms with Crippen LogP contribution in [0.15, 0.2) is 22.7 Å². The highest BCUT2D eigenvalue weighted by molar-refractivity contribution is 9.10. The molecule has 1 aliphatic rings. The molecule has 0 amide bonds. The quantitative estimate of drug-likeness (QED) is 0.652. The average molecular weight is 311 g/mol. The number of rotatable bonds is 3. The number of hydrogen-bond donors (Lipinski definition) is 2. The van der Waals surface area contributed by atoms with Crippen molar-refractivity contribution in [2.24, 2.45) is 17.7 Å². The maximum atomic E-state index is 5.79. The average Bonchev–Trinajstić information content (AvgIpc) is 2.37. The summed E-state index contributed by atoms with van der Waals surface area (Å²) < 4.78 is 1.17. The Hall–Kier alpha value is -0.380. The summed E-state index contributed by atoms with van der Waals surface area (Å²) in [4.78, 5) is 0. The number of hydrogen-bond acceptors (Lipinski definition) is 2. The predicted octanol–water partition coefficient (Wildman–Crippen LogP) is 4.09. The molecule has 0 radical (unpaired) electrons. The van der Waals surface area contributed by atoms with E-state index in [9.17, 15) is 0 Å². The molecule has 1 unspecified atom stereocenters. The summed E-state index contributed by atoms with van der Waals surface area (Å²) in [7, 11) is 0. The molecule has 1 saturated carbocycles. The number of benzene rings is 1. The van der Waals surface area contributed by atoms with Crippen LogP contribution in [-0.2, 0) is 0 Å². The lowest BCUT2D eigenvalue weighted by Crippen LogP contribution is -2.35. The molecule has 2 rings (SSSR count). The van der Waals surface area contributed by atoms with Crippen molar-refractivity contribution in [1.82, 2.24) is 5.43 Å². The minimum absolute atomic E-state index is 0.286. The van der Waals surface area contributed by atoms with Gasteiger partial charge in [0.2, 0.25) is 0 Å². The van der Waals surface area contributed by atoms with Gasteiger partial charge in [-0.25, -0.2) is 0 Å². The van der Waals surface area contributed by atoms with Crippen molar-refractivity contribution in [3.05, 3.63) is 33.8 Å². The molecule has 18 heavy (non-hydrogen) atoms. The van der Waals surface area contributed by atoms with Crippen LogP contribution in [0.5, 0.6) is 0 Å². The van der Waals surface area contributed by atoms with Gasteiger partial charge in [0.15, 0.2) is 0 Å². The van der Waals surface area contributed by atoms with Crippen molar-refractivity contribution in [2.45, 2.75) is 45.6 Å². The molecule has 0 aliphatic heterocycles. The van der Waals surface area contributed by atoms with Crippen molar-refractivity contribution >= 4 is 15.9 Å². The fourth-order valence-corrected chi connectivity index (χ4v) is 3.32. The van der Waals surface area contributed by atoms with E-state index in [4.69, 9.17) is 5.84 Å². The van der Waals surface area contributed by atoms with Crippen LogP contribution in [0.1, 0.15) is 49.8 Å². The van der Waals surface area contributed by atoms with Gasteiger partial charge >= 0.3 is 0 Å². The Balaban J connectivity index is 2.14. The third kappa shape index (κ3) is 3.14. The summed E-state index contributed by atoms with van der Waals surface area (Å²) in [5, 5.41) is 0. The van der Waals surface area contributed by atoms with E-state index >= 15 is 0 Å². The molecule has 100 valence electrons. The van der Waals surface area contributed by atoms with E-state index in [1.807, 2.05) is 0 Å². The Kier molecular flexibility index (Phi) is 4.82. The summed E-state index contributed by atoms with van der Waals surface area (Å²) >= 11 is 3.61. The molecule has 0 heterocycles. The van der Waals surface area contributed by atoms with Gasteiger partial charge in [-0.3, -0.25) is 11.3 Å². The zero-order valence-corrected chi connectivity index (χ0v) is 12.8. The Bertz CT molecular complexity index is 397. The van der Waals surface area contributed by atoms with E-state index < -0.39 is 0 Å². The minimum Gasteiger partial charge on any atom is -0.271 e. The molecule has 2 nitrogen and oxygen atoms in total. The highest BCUT2D eigenvalue weighted by Crippen LogP contribution is 2.37. The summed E-state index contributed by atoms with van der Waals surface area (Å²) in [5.41, 5.74) is 5.60. The number of aryl methyl sites for hydroxylation is 1. The molecule has 1 aromatic carbocycles. The molecular weight excluding hydrogens is 288 g/mol. The van der Waals surface area contributed by atoms with Crippen molar-refractivity contribution in [2.75, 3.05) is 0 Å². The molecular formula is C15H23BrN2. The maximum absolute atomic E-state index is 5.79. The molecule has 0 saturated heterocycles. The highest BCUT2D eigenvalue weighted by atomic mass is 79.9. The van der Waals surface area contributed by atoms with Gasteiger partial charge < -0.3 is 0 Å². The smallest absolute Gasteiger partial charge is 0.0488 e. The van der Waals surface area contributed by atoms with Crippen LogP contribution in [0.25, 0.3) is 0 Å². The van der Waals surface area contributed by atoms with E-state index in [1.165, 1.54) is 41.3 Å². The highest BCUT2D eigenvalue weighted by Gasteiger charge is 2.26. The molecule has 1 fully saturated rings. The third-order valence-corrected chi connectivity index (χ3v) is 5.12. The van der Waals surface area contributed by atoms with Gasteiger partial charge in [0.05, 0.1) is 0 Å². The summed E-state index contributed by atoms with van der Waals surface area (Å²) in [6.07, 6.45) is 5.22. The molecule has 0 bridgehead atoms. The third-order valence-electron chi connectivity index (χ3n) is 4.27. The lowest BCUT2D eigenvalue weighted by Gasteiger charge is -2.32. The van der Waals surface area contributed by atoms with Crippen molar-refractivity contribution in [3.8, 4) is 0 Å². The Morgan fingerprint density at radius 2 is 1.94 bits per heavy atom. The van der Waals surface area contributed by atoms with E-state index in [0.717, 1.165) is 5.92 Å². The van der Waals surface area contributed by atoms with Crippen LogP contribution in [0.2, 0.25) is 0 Å². The number of hydrazine groups is 1. The van der Waals surface area contributed by atoms with E-state index in [1.54, 1.807) is 0 Å². The Morgan fingerprint density at radius 1 is 1.28 bits per heavy atom. The van der Waals surface area contributed by atoms with E-state index in [2.05, 4.69) is 53.4 Å². The monoisotopic (exact) mass is 310 g/mol. The minimum atomic E-state index is 0.286. The number of halogens is 1. The van der Waals surface area contributed by atoms with Gasteiger partial charge in [-0.15, -0.1) is 0 Å². The molecule has 1 aromatic rings. The van der Waals surface area contributed by atoms with E-state index in [-0.39, 0.29) is 6.04 Å². The number of nitrogens with one attached hydrogen (secondary N) is 1. The van der Waals surface area contributed by atoms with Crippen molar-refractivity contribution in [1.29, 1.82) is 0 Å². The first-order valence-corrected chi connectivity index (χ1v) is 7.63. The summed E-state index contributed by atoms with van der Waals surface area (Å²) in [6.45, 7) is 4.46. The van der Waals surface area contributed by atoms with Gasteiger partial charge in [-0.2, -0.15) is 0 Å². The second kappa shape index (κ2) is 6.18. The molecule has 0 aromatic heterocycles. The van der Waals surface area contributed by atoms with Crippen LogP contribution in [0, 0.1) is 18.8 Å². The second-order valence-corrected chi connectivity index (χ2v) is 6.53. The fraction of sp³-hybridized carbons (Fsp3) is 0.600. The maximum Gasteiger partial charge on any atom is 0.0488 e. The van der Waals surface area contributed by atoms with Crippen LogP contribution in [-0.4, -0.2) is 0 Å². The van der Waals surface area contributed by atoms with Gasteiger partial charge in [0, 0.05) is 10.5 Å². The molecule has 3 heteroatoms. The van der Waals surface area contributed by atoms with Gasteiger partial charge in [0.25, 0.3) is 0 Å². The first-order valence-electron chi connectivity index (χ1n) is 6.84. The van der Waals surface area contributed by atoms with Crippen LogP contribution in [0.4, 0.5) is 0 Å². The van der Waals surface area contributed by atoms with Crippen molar-refractivity contribution < 1.29 is 0 Å². The van der Waals surface area contributed by atoms with Crippen LogP contribution >= 0.6 is 15.9 Å². The van der Waals surface area contributed by atoms with Gasteiger partial charge in [-0.1, -0.05) is 47.8 Å². The van der Waals surface area contributed by atoms with Gasteiger partial charge in [-0.05, 0) is 48.8 Å². The Labute approximate surface area is 118 Å². The predicted molar refractivity (Wildman–Crippen MR) is 80.1 cm³/mol. The normalized spacial score (nSPS) is 26.0.